The van der Waals surface area contributed by atoms with Crippen LogP contribution in [0.1, 0.15) is 17.3 Å². The van der Waals surface area contributed by atoms with Gasteiger partial charge in [-0.25, -0.2) is 4.98 Å². The van der Waals surface area contributed by atoms with E-state index < -0.39 is 0 Å². The molecule has 0 aliphatic heterocycles. The Bertz CT molecular complexity index is 609. The van der Waals surface area contributed by atoms with E-state index >= 15 is 0 Å². The highest BCUT2D eigenvalue weighted by Gasteiger charge is 2.10. The summed E-state index contributed by atoms with van der Waals surface area (Å²) in [6.45, 7) is 2.44. The third-order valence-corrected chi connectivity index (χ3v) is 2.92. The number of carbonyl (C=O) groups excluding carboxylic acids is 1. The number of aromatic nitrogens is 1. The minimum Gasteiger partial charge on any atom is -0.478 e. The molecule has 0 saturated carbocycles. The molecule has 1 amide bonds. The Morgan fingerprint density at radius 3 is 2.62 bits per heavy atom. The second-order valence-corrected chi connectivity index (χ2v) is 4.68. The van der Waals surface area contributed by atoms with E-state index in [1.54, 1.807) is 12.1 Å². The van der Waals surface area contributed by atoms with E-state index in [1.807, 2.05) is 50.2 Å². The highest BCUT2D eigenvalue weighted by molar-refractivity contribution is 6.05. The SMILES string of the molecule is CCOc1ccc(C(=O)Nc2ccccc2N(C)C)cn1. The van der Waals surface area contributed by atoms with Crippen molar-refractivity contribution in [2.45, 2.75) is 6.92 Å². The first kappa shape index (κ1) is 14.8. The fourth-order valence-electron chi connectivity index (χ4n) is 1.91. The average Bonchev–Trinajstić information content (AvgIpc) is 2.48. The van der Waals surface area contributed by atoms with Gasteiger partial charge in [0.1, 0.15) is 0 Å². The Morgan fingerprint density at radius 1 is 1.24 bits per heavy atom. The van der Waals surface area contributed by atoms with Crippen LogP contribution in [0.25, 0.3) is 0 Å². The smallest absolute Gasteiger partial charge is 0.257 e. The van der Waals surface area contributed by atoms with Crippen LogP contribution in [0, 0.1) is 0 Å². The number of pyridine rings is 1. The lowest BCUT2D eigenvalue weighted by atomic mass is 10.2. The molecule has 1 heterocycles. The molecule has 110 valence electrons. The molecule has 0 aliphatic rings. The number of nitrogens with one attached hydrogen (secondary N) is 1. The van der Waals surface area contributed by atoms with Crippen LogP contribution in [-0.4, -0.2) is 31.6 Å². The monoisotopic (exact) mass is 285 g/mol. The van der Waals surface area contributed by atoms with Gasteiger partial charge in [0.25, 0.3) is 5.91 Å². The van der Waals surface area contributed by atoms with Crippen LogP contribution in [0.5, 0.6) is 5.88 Å². The number of anilines is 2. The number of rotatable bonds is 5. The molecule has 0 saturated heterocycles. The summed E-state index contributed by atoms with van der Waals surface area (Å²) in [6.07, 6.45) is 1.51. The molecule has 2 aromatic rings. The lowest BCUT2D eigenvalue weighted by molar-refractivity contribution is 0.102. The van der Waals surface area contributed by atoms with E-state index in [2.05, 4.69) is 10.3 Å². The molecule has 0 fully saturated rings. The van der Waals surface area contributed by atoms with Crippen molar-refractivity contribution >= 4 is 17.3 Å². The largest absolute Gasteiger partial charge is 0.478 e. The van der Waals surface area contributed by atoms with Crippen molar-refractivity contribution in [2.24, 2.45) is 0 Å². The van der Waals surface area contributed by atoms with Gasteiger partial charge in [0.05, 0.1) is 23.5 Å². The molecule has 1 aromatic heterocycles. The molecular formula is C16H19N3O2. The Labute approximate surface area is 124 Å². The van der Waals surface area contributed by atoms with Crippen LogP contribution >= 0.6 is 0 Å². The van der Waals surface area contributed by atoms with Gasteiger partial charge in [0.15, 0.2) is 0 Å². The number of para-hydroxylation sites is 2. The lowest BCUT2D eigenvalue weighted by Crippen LogP contribution is -2.16. The van der Waals surface area contributed by atoms with E-state index in [0.717, 1.165) is 11.4 Å². The van der Waals surface area contributed by atoms with Crippen molar-refractivity contribution in [1.82, 2.24) is 4.98 Å². The third kappa shape index (κ3) is 3.72. The Kier molecular flexibility index (Phi) is 4.77. The standard InChI is InChI=1S/C16H19N3O2/c1-4-21-15-10-9-12(11-17-15)16(20)18-13-7-5-6-8-14(13)19(2)3/h5-11H,4H2,1-3H3,(H,18,20). The summed E-state index contributed by atoms with van der Waals surface area (Å²) in [7, 11) is 3.87. The van der Waals surface area contributed by atoms with E-state index in [-0.39, 0.29) is 5.91 Å². The summed E-state index contributed by atoms with van der Waals surface area (Å²) in [5.74, 6) is 0.322. The summed E-state index contributed by atoms with van der Waals surface area (Å²) < 4.78 is 5.26. The second-order valence-electron chi connectivity index (χ2n) is 4.68. The van der Waals surface area contributed by atoms with E-state index in [9.17, 15) is 4.79 Å². The molecule has 0 aliphatic carbocycles. The highest BCUT2D eigenvalue weighted by Crippen LogP contribution is 2.24. The summed E-state index contributed by atoms with van der Waals surface area (Å²) in [5, 5.41) is 2.90. The fourth-order valence-corrected chi connectivity index (χ4v) is 1.91. The van der Waals surface area contributed by atoms with Crippen molar-refractivity contribution in [3.8, 4) is 5.88 Å². The Hall–Kier alpha value is -2.56. The molecule has 0 radical (unpaired) electrons. The minimum absolute atomic E-state index is 0.195. The fraction of sp³-hybridized carbons (Fsp3) is 0.250. The quantitative estimate of drug-likeness (QED) is 0.917. The normalized spacial score (nSPS) is 10.0. The predicted molar refractivity (Wildman–Crippen MR) is 84.1 cm³/mol. The summed E-state index contributed by atoms with van der Waals surface area (Å²) in [6, 6.07) is 11.0. The molecular weight excluding hydrogens is 266 g/mol. The summed E-state index contributed by atoms with van der Waals surface area (Å²) in [4.78, 5) is 18.3. The number of amides is 1. The highest BCUT2D eigenvalue weighted by atomic mass is 16.5. The van der Waals surface area contributed by atoms with Crippen molar-refractivity contribution in [3.63, 3.8) is 0 Å². The maximum absolute atomic E-state index is 12.2. The number of nitrogens with zero attached hydrogens (tertiary/aromatic N) is 2. The zero-order valence-corrected chi connectivity index (χ0v) is 12.5. The number of benzene rings is 1. The lowest BCUT2D eigenvalue weighted by Gasteiger charge is -2.17. The van der Waals surface area contributed by atoms with Gasteiger partial charge < -0.3 is 15.0 Å². The van der Waals surface area contributed by atoms with E-state index in [0.29, 0.717) is 18.1 Å². The van der Waals surface area contributed by atoms with Gasteiger partial charge in [-0.3, -0.25) is 4.79 Å². The molecule has 2 rings (SSSR count). The van der Waals surface area contributed by atoms with Gasteiger partial charge in [0.2, 0.25) is 5.88 Å². The van der Waals surface area contributed by atoms with Crippen molar-refractivity contribution in [1.29, 1.82) is 0 Å². The van der Waals surface area contributed by atoms with Crippen LogP contribution < -0.4 is 15.0 Å². The van der Waals surface area contributed by atoms with Crippen molar-refractivity contribution in [3.05, 3.63) is 48.2 Å². The number of hydrogen-bond acceptors (Lipinski definition) is 4. The maximum Gasteiger partial charge on any atom is 0.257 e. The van der Waals surface area contributed by atoms with Gasteiger partial charge in [-0.05, 0) is 25.1 Å². The Balaban J connectivity index is 2.14. The third-order valence-electron chi connectivity index (χ3n) is 2.92. The first-order valence-electron chi connectivity index (χ1n) is 6.78. The minimum atomic E-state index is -0.195. The number of carbonyl (C=O) groups is 1. The van der Waals surface area contributed by atoms with Crippen LogP contribution in [-0.2, 0) is 0 Å². The van der Waals surface area contributed by atoms with Gasteiger partial charge >= 0.3 is 0 Å². The molecule has 1 aromatic carbocycles. The summed E-state index contributed by atoms with van der Waals surface area (Å²) in [5.41, 5.74) is 2.21. The Morgan fingerprint density at radius 2 is 2.00 bits per heavy atom. The summed E-state index contributed by atoms with van der Waals surface area (Å²) >= 11 is 0. The second kappa shape index (κ2) is 6.74. The average molecular weight is 285 g/mol. The zero-order chi connectivity index (χ0) is 15.2. The topological polar surface area (TPSA) is 54.5 Å². The van der Waals surface area contributed by atoms with Gasteiger partial charge in [-0.1, -0.05) is 12.1 Å². The molecule has 0 unspecified atom stereocenters. The predicted octanol–water partition coefficient (Wildman–Crippen LogP) is 2.80. The van der Waals surface area contributed by atoms with Crippen molar-refractivity contribution < 1.29 is 9.53 Å². The van der Waals surface area contributed by atoms with Crippen LogP contribution in [0.15, 0.2) is 42.6 Å². The molecule has 0 spiro atoms. The zero-order valence-electron chi connectivity index (χ0n) is 12.5. The molecule has 1 N–H and O–H groups in total. The molecule has 21 heavy (non-hydrogen) atoms. The molecule has 0 atom stereocenters. The molecule has 0 bridgehead atoms. The molecule has 5 nitrogen and oxygen atoms in total. The van der Waals surface area contributed by atoms with Gasteiger partial charge in [-0.15, -0.1) is 0 Å². The maximum atomic E-state index is 12.2. The first-order valence-corrected chi connectivity index (χ1v) is 6.78. The van der Waals surface area contributed by atoms with Gasteiger partial charge in [0, 0.05) is 26.4 Å². The van der Waals surface area contributed by atoms with E-state index in [4.69, 9.17) is 4.74 Å². The van der Waals surface area contributed by atoms with Crippen LogP contribution in [0.3, 0.4) is 0 Å². The van der Waals surface area contributed by atoms with Crippen molar-refractivity contribution in [2.75, 3.05) is 30.9 Å². The first-order chi connectivity index (χ1) is 10.1. The number of ether oxygens (including phenoxy) is 1. The van der Waals surface area contributed by atoms with Crippen LogP contribution in [0.2, 0.25) is 0 Å². The number of hydrogen-bond donors (Lipinski definition) is 1. The van der Waals surface area contributed by atoms with Crippen LogP contribution in [0.4, 0.5) is 11.4 Å². The molecule has 5 heteroatoms. The van der Waals surface area contributed by atoms with E-state index in [1.165, 1.54) is 6.20 Å². The van der Waals surface area contributed by atoms with Gasteiger partial charge in [-0.2, -0.15) is 0 Å².